The van der Waals surface area contributed by atoms with Gasteiger partial charge in [-0.15, -0.1) is 10.2 Å². The zero-order valence-electron chi connectivity index (χ0n) is 10.5. The van der Waals surface area contributed by atoms with E-state index in [1.165, 1.54) is 11.1 Å². The maximum Gasteiger partial charge on any atom is 0.115 e. The second kappa shape index (κ2) is 5.99. The molecule has 1 aliphatic carbocycles. The van der Waals surface area contributed by atoms with Gasteiger partial charge < -0.3 is 17.2 Å². The number of rotatable bonds is 6. The molecule has 2 aliphatic rings. The molecule has 18 heavy (non-hydrogen) atoms. The third kappa shape index (κ3) is 2.40. The molecule has 0 atom stereocenters. The summed E-state index contributed by atoms with van der Waals surface area (Å²) in [5.74, 6) is 0. The average Bonchev–Trinajstić information content (AvgIpc) is 2.81. The van der Waals surface area contributed by atoms with Crippen molar-refractivity contribution in [2.75, 3.05) is 19.6 Å². The molecule has 6 N–H and O–H groups in total. The van der Waals surface area contributed by atoms with Gasteiger partial charge in [0.15, 0.2) is 0 Å². The second-order valence-corrected chi connectivity index (χ2v) is 4.44. The number of nitrogens with zero attached hydrogens (tertiary/aromatic N) is 3. The van der Waals surface area contributed by atoms with Gasteiger partial charge in [0, 0.05) is 6.42 Å². The minimum Gasteiger partial charge on any atom is -0.330 e. The van der Waals surface area contributed by atoms with Gasteiger partial charge in [0.25, 0.3) is 0 Å². The monoisotopic (exact) mass is 248 g/mol. The Balaban J connectivity index is 2.42. The molecule has 0 aromatic carbocycles. The lowest BCUT2D eigenvalue weighted by Crippen LogP contribution is -2.19. The first kappa shape index (κ1) is 13.1. The van der Waals surface area contributed by atoms with E-state index < -0.39 is 0 Å². The summed E-state index contributed by atoms with van der Waals surface area (Å²) in [6.45, 7) is 1.84. The molecule has 1 aliphatic heterocycles. The number of hydrogen-bond acceptors (Lipinski definition) is 6. The average molecular weight is 248 g/mol. The molecule has 0 radical (unpaired) electrons. The van der Waals surface area contributed by atoms with E-state index in [0.29, 0.717) is 19.6 Å². The minimum atomic E-state index is 0.589. The highest BCUT2D eigenvalue weighted by molar-refractivity contribution is 6.04. The summed E-state index contributed by atoms with van der Waals surface area (Å²) >= 11 is 0. The first-order valence-corrected chi connectivity index (χ1v) is 6.34. The highest BCUT2D eigenvalue weighted by Gasteiger charge is 2.27. The lowest BCUT2D eigenvalue weighted by atomic mass is 9.83. The molecule has 0 bridgehead atoms. The van der Waals surface area contributed by atoms with Gasteiger partial charge in [0.1, 0.15) is 5.70 Å². The van der Waals surface area contributed by atoms with E-state index >= 15 is 0 Å². The van der Waals surface area contributed by atoms with Crippen molar-refractivity contribution in [3.8, 4) is 0 Å². The molecule has 98 valence electrons. The summed E-state index contributed by atoms with van der Waals surface area (Å²) in [7, 11) is 0. The SMILES string of the molecule is NCCC1=C(CCN)C(CCN)=C2N=NN=C2C1. The Labute approximate surface area is 107 Å². The standard InChI is InChI=1S/C12H20N6/c13-4-1-8-7-11-12(17-18-16-11)10(3-6-15)9(8)2-5-14/h1-7,13-15H2. The third-order valence-electron chi connectivity index (χ3n) is 3.28. The van der Waals surface area contributed by atoms with Crippen LogP contribution in [0.25, 0.3) is 0 Å². The van der Waals surface area contributed by atoms with Crippen LogP contribution >= 0.6 is 0 Å². The predicted octanol–water partition coefficient (Wildman–Crippen LogP) is 0.809. The number of fused-ring (bicyclic) bond motifs is 1. The molecule has 0 spiro atoms. The minimum absolute atomic E-state index is 0.589. The summed E-state index contributed by atoms with van der Waals surface area (Å²) in [5.41, 5.74) is 22.7. The van der Waals surface area contributed by atoms with Crippen LogP contribution in [-0.4, -0.2) is 25.3 Å². The van der Waals surface area contributed by atoms with Crippen LogP contribution in [-0.2, 0) is 0 Å². The highest BCUT2D eigenvalue weighted by Crippen LogP contribution is 2.36. The van der Waals surface area contributed by atoms with Crippen LogP contribution in [0.3, 0.4) is 0 Å². The van der Waals surface area contributed by atoms with Crippen molar-refractivity contribution in [1.29, 1.82) is 0 Å². The Morgan fingerprint density at radius 1 is 0.889 bits per heavy atom. The lowest BCUT2D eigenvalue weighted by Gasteiger charge is -2.23. The normalized spacial score (nSPS) is 18.5. The van der Waals surface area contributed by atoms with Crippen molar-refractivity contribution in [1.82, 2.24) is 0 Å². The maximum absolute atomic E-state index is 5.71. The van der Waals surface area contributed by atoms with E-state index in [2.05, 4.69) is 15.4 Å². The van der Waals surface area contributed by atoms with Gasteiger partial charge >= 0.3 is 0 Å². The van der Waals surface area contributed by atoms with Crippen molar-refractivity contribution in [3.63, 3.8) is 0 Å². The predicted molar refractivity (Wildman–Crippen MR) is 72.0 cm³/mol. The van der Waals surface area contributed by atoms with Crippen LogP contribution in [0.15, 0.2) is 37.9 Å². The molecule has 0 saturated heterocycles. The van der Waals surface area contributed by atoms with Crippen LogP contribution in [0.5, 0.6) is 0 Å². The molecular formula is C12H20N6. The van der Waals surface area contributed by atoms with Crippen LogP contribution in [0.4, 0.5) is 0 Å². The van der Waals surface area contributed by atoms with E-state index in [0.717, 1.165) is 42.7 Å². The summed E-state index contributed by atoms with van der Waals surface area (Å²) in [4.78, 5) is 0. The largest absolute Gasteiger partial charge is 0.330 e. The zero-order chi connectivity index (χ0) is 13.0. The van der Waals surface area contributed by atoms with Gasteiger partial charge in [-0.2, -0.15) is 0 Å². The lowest BCUT2D eigenvalue weighted by molar-refractivity contribution is 0.826. The van der Waals surface area contributed by atoms with E-state index in [1.54, 1.807) is 0 Å². The quantitative estimate of drug-likeness (QED) is 0.645. The molecule has 6 nitrogen and oxygen atoms in total. The van der Waals surface area contributed by atoms with Gasteiger partial charge in [0.2, 0.25) is 0 Å². The van der Waals surface area contributed by atoms with E-state index in [-0.39, 0.29) is 0 Å². The Morgan fingerprint density at radius 3 is 2.22 bits per heavy atom. The smallest absolute Gasteiger partial charge is 0.115 e. The van der Waals surface area contributed by atoms with Gasteiger partial charge in [-0.3, -0.25) is 0 Å². The first-order valence-electron chi connectivity index (χ1n) is 6.34. The summed E-state index contributed by atoms with van der Waals surface area (Å²) < 4.78 is 0. The van der Waals surface area contributed by atoms with Crippen LogP contribution in [0.1, 0.15) is 25.7 Å². The Hall–Kier alpha value is -1.37. The summed E-state index contributed by atoms with van der Waals surface area (Å²) in [6, 6.07) is 0. The number of nitrogens with two attached hydrogens (primary N) is 3. The Bertz CT molecular complexity index is 443. The number of allylic oxidation sites excluding steroid dienone is 1. The summed E-state index contributed by atoms with van der Waals surface area (Å²) in [5, 5.41) is 12.0. The van der Waals surface area contributed by atoms with Gasteiger partial charge in [-0.1, -0.05) is 5.57 Å². The van der Waals surface area contributed by atoms with Crippen molar-refractivity contribution in [2.45, 2.75) is 25.7 Å². The summed E-state index contributed by atoms with van der Waals surface area (Å²) in [6.07, 6.45) is 3.30. The molecular weight excluding hydrogens is 228 g/mol. The Morgan fingerprint density at radius 2 is 1.56 bits per heavy atom. The number of hydrogen-bond donors (Lipinski definition) is 3. The fraction of sp³-hybridized carbons (Fsp3) is 0.583. The second-order valence-electron chi connectivity index (χ2n) is 4.44. The van der Waals surface area contributed by atoms with E-state index in [9.17, 15) is 0 Å². The van der Waals surface area contributed by atoms with E-state index in [4.69, 9.17) is 17.2 Å². The van der Waals surface area contributed by atoms with Gasteiger partial charge in [-0.25, -0.2) is 0 Å². The molecule has 0 amide bonds. The van der Waals surface area contributed by atoms with E-state index in [1.807, 2.05) is 0 Å². The third-order valence-corrected chi connectivity index (χ3v) is 3.28. The zero-order valence-corrected chi connectivity index (χ0v) is 10.5. The highest BCUT2D eigenvalue weighted by atomic mass is 15.4. The van der Waals surface area contributed by atoms with Crippen molar-refractivity contribution < 1.29 is 0 Å². The van der Waals surface area contributed by atoms with Gasteiger partial charge in [0.05, 0.1) is 5.71 Å². The molecule has 0 unspecified atom stereocenters. The molecule has 0 saturated carbocycles. The van der Waals surface area contributed by atoms with Gasteiger partial charge in [-0.05, 0) is 55.3 Å². The molecule has 0 aromatic heterocycles. The topological polar surface area (TPSA) is 115 Å². The molecule has 0 fully saturated rings. The Kier molecular flexibility index (Phi) is 4.35. The van der Waals surface area contributed by atoms with Crippen LogP contribution < -0.4 is 17.2 Å². The fourth-order valence-electron chi connectivity index (χ4n) is 2.54. The maximum atomic E-state index is 5.71. The fourth-order valence-corrected chi connectivity index (χ4v) is 2.54. The molecule has 1 heterocycles. The van der Waals surface area contributed by atoms with Crippen molar-refractivity contribution in [3.05, 3.63) is 22.4 Å². The molecule has 0 aromatic rings. The first-order chi connectivity index (χ1) is 8.81. The molecule has 2 rings (SSSR count). The van der Waals surface area contributed by atoms with Crippen LogP contribution in [0.2, 0.25) is 0 Å². The van der Waals surface area contributed by atoms with Crippen molar-refractivity contribution in [2.24, 2.45) is 32.6 Å². The van der Waals surface area contributed by atoms with Crippen LogP contribution in [0, 0.1) is 0 Å². The molecule has 6 heteroatoms. The van der Waals surface area contributed by atoms with Crippen molar-refractivity contribution >= 4 is 5.71 Å².